The molecule has 0 spiro atoms. The van der Waals surface area contributed by atoms with Gasteiger partial charge in [-0.1, -0.05) is 53.4 Å². The summed E-state index contributed by atoms with van der Waals surface area (Å²) in [5.41, 5.74) is 0. The number of carboxylic acids is 6. The van der Waals surface area contributed by atoms with Crippen molar-refractivity contribution in [3.05, 3.63) is 0 Å². The van der Waals surface area contributed by atoms with Crippen molar-refractivity contribution < 1.29 is 78.9 Å². The van der Waals surface area contributed by atoms with Gasteiger partial charge in [0.1, 0.15) is 0 Å². The molecule has 0 saturated heterocycles. The summed E-state index contributed by atoms with van der Waals surface area (Å²) in [7, 11) is 0. The molecule has 13 heteroatoms. The van der Waals surface area contributed by atoms with Gasteiger partial charge in [0, 0.05) is 19.5 Å². The van der Waals surface area contributed by atoms with E-state index in [4.69, 9.17) is 30.6 Å². The first-order valence-corrected chi connectivity index (χ1v) is 14.0. The normalized spacial score (nSPS) is 14.9. The molecule has 0 bridgehead atoms. The van der Waals surface area contributed by atoms with Crippen molar-refractivity contribution >= 4 is 35.8 Å². The summed E-state index contributed by atoms with van der Waals surface area (Å²) >= 11 is 0. The van der Waals surface area contributed by atoms with E-state index >= 15 is 0 Å². The molecular formula is C28H48O12Zn. The molecule has 6 N–H and O–H groups in total. The molecule has 234 valence electrons. The zero-order valence-electron chi connectivity index (χ0n) is 24.8. The number of carboxylic acid groups (broad SMARTS) is 6. The molecule has 0 aromatic carbocycles. The third-order valence-corrected chi connectivity index (χ3v) is 7.55. The molecular weight excluding hydrogens is 594 g/mol. The van der Waals surface area contributed by atoms with E-state index in [2.05, 4.69) is 0 Å². The van der Waals surface area contributed by atoms with Crippen molar-refractivity contribution in [2.75, 3.05) is 0 Å². The number of rotatable bonds is 22. The van der Waals surface area contributed by atoms with Gasteiger partial charge in [-0.15, -0.1) is 0 Å². The summed E-state index contributed by atoms with van der Waals surface area (Å²) < 4.78 is 0. The van der Waals surface area contributed by atoms with Gasteiger partial charge in [0.15, 0.2) is 0 Å². The number of hydrogen-bond donors (Lipinski definition) is 6. The minimum absolute atomic E-state index is 0. The second kappa shape index (κ2) is 24.1. The van der Waals surface area contributed by atoms with Crippen molar-refractivity contribution in [3.8, 4) is 0 Å². The average molecular weight is 642 g/mol. The van der Waals surface area contributed by atoms with Crippen LogP contribution in [0.4, 0.5) is 0 Å². The fourth-order valence-corrected chi connectivity index (χ4v) is 4.92. The third kappa shape index (κ3) is 19.2. The molecule has 0 aromatic heterocycles. The van der Waals surface area contributed by atoms with Crippen LogP contribution in [0.15, 0.2) is 0 Å². The van der Waals surface area contributed by atoms with Gasteiger partial charge in [-0.05, 0) is 50.4 Å². The van der Waals surface area contributed by atoms with Crippen molar-refractivity contribution in [1.82, 2.24) is 0 Å². The smallest absolute Gasteiger partial charge is 0.307 e. The zero-order valence-corrected chi connectivity index (χ0v) is 27.8. The molecule has 41 heavy (non-hydrogen) atoms. The van der Waals surface area contributed by atoms with Gasteiger partial charge in [0.25, 0.3) is 0 Å². The zero-order chi connectivity index (χ0) is 31.4. The van der Waals surface area contributed by atoms with Crippen LogP contribution >= 0.6 is 0 Å². The van der Waals surface area contributed by atoms with Crippen molar-refractivity contribution in [2.24, 2.45) is 35.5 Å². The van der Waals surface area contributed by atoms with Crippen LogP contribution in [0.3, 0.4) is 0 Å². The molecule has 0 amide bonds. The van der Waals surface area contributed by atoms with E-state index in [-0.39, 0.29) is 44.2 Å². The van der Waals surface area contributed by atoms with Crippen LogP contribution in [0.2, 0.25) is 0 Å². The summed E-state index contributed by atoms with van der Waals surface area (Å²) in [5, 5.41) is 53.6. The van der Waals surface area contributed by atoms with Gasteiger partial charge in [0.05, 0.1) is 36.5 Å². The van der Waals surface area contributed by atoms with Gasteiger partial charge in [-0.2, -0.15) is 0 Å². The van der Waals surface area contributed by atoms with E-state index in [1.54, 1.807) is 13.8 Å². The standard InChI is InChI=1S/2C14H24O6.Zn/c2*1-3-9(11(14(19)20)8-12(15)16)6-5-7-10(4-2)13(17)18;/h2*9-11H,3-8H2,1-2H3,(H,15,16)(H,17,18)(H,19,20);. The van der Waals surface area contributed by atoms with E-state index in [1.807, 2.05) is 13.8 Å². The van der Waals surface area contributed by atoms with Crippen molar-refractivity contribution in [3.63, 3.8) is 0 Å². The van der Waals surface area contributed by atoms with Crippen LogP contribution in [-0.2, 0) is 48.2 Å². The van der Waals surface area contributed by atoms with E-state index in [9.17, 15) is 28.8 Å². The Morgan fingerprint density at radius 3 is 0.927 bits per heavy atom. The molecule has 0 rings (SSSR count). The molecule has 0 heterocycles. The Kier molecular flexibility index (Phi) is 25.2. The third-order valence-electron chi connectivity index (χ3n) is 7.55. The molecule has 0 aliphatic carbocycles. The summed E-state index contributed by atoms with van der Waals surface area (Å²) in [4.78, 5) is 65.5. The second-order valence-corrected chi connectivity index (χ2v) is 10.2. The maximum absolute atomic E-state index is 11.1. The molecule has 0 radical (unpaired) electrons. The van der Waals surface area contributed by atoms with Crippen LogP contribution in [0, 0.1) is 35.5 Å². The van der Waals surface area contributed by atoms with Crippen LogP contribution in [0.25, 0.3) is 0 Å². The Morgan fingerprint density at radius 2 is 0.756 bits per heavy atom. The summed E-state index contributed by atoms with van der Waals surface area (Å²) in [5.74, 6) is -9.16. The average Bonchev–Trinajstić information content (AvgIpc) is 2.86. The van der Waals surface area contributed by atoms with E-state index in [0.29, 0.717) is 64.2 Å². The minimum Gasteiger partial charge on any atom is -0.481 e. The molecule has 12 nitrogen and oxygen atoms in total. The molecule has 6 unspecified atom stereocenters. The number of hydrogen-bond acceptors (Lipinski definition) is 6. The van der Waals surface area contributed by atoms with Crippen molar-refractivity contribution in [1.29, 1.82) is 0 Å². The first kappa shape index (κ1) is 42.9. The fraction of sp³-hybridized carbons (Fsp3) is 0.786. The van der Waals surface area contributed by atoms with Crippen LogP contribution in [0.1, 0.15) is 105 Å². The van der Waals surface area contributed by atoms with Gasteiger partial charge in [0.2, 0.25) is 0 Å². The molecule has 0 saturated carbocycles. The molecule has 0 fully saturated rings. The van der Waals surface area contributed by atoms with Crippen LogP contribution < -0.4 is 0 Å². The van der Waals surface area contributed by atoms with Gasteiger partial charge in [-0.3, -0.25) is 28.8 Å². The molecule has 6 atom stereocenters. The first-order chi connectivity index (χ1) is 18.7. The molecule has 0 aliphatic heterocycles. The van der Waals surface area contributed by atoms with E-state index in [1.165, 1.54) is 0 Å². The SMILES string of the molecule is CCC(CCCC(CC)C(CC(=O)O)C(=O)O)C(=O)O.CCC(CCCC(CC)C(CC(=O)O)C(=O)O)C(=O)O.[Zn]. The predicted molar refractivity (Wildman–Crippen MR) is 145 cm³/mol. The Labute approximate surface area is 254 Å². The van der Waals surface area contributed by atoms with Crippen LogP contribution in [0.5, 0.6) is 0 Å². The largest absolute Gasteiger partial charge is 0.481 e. The van der Waals surface area contributed by atoms with Crippen molar-refractivity contribution in [2.45, 2.75) is 105 Å². The Morgan fingerprint density at radius 1 is 0.463 bits per heavy atom. The fourth-order valence-electron chi connectivity index (χ4n) is 4.92. The Bertz CT molecular complexity index is 750. The van der Waals surface area contributed by atoms with E-state index < -0.39 is 59.5 Å². The Balaban J connectivity index is -0.000000688. The monoisotopic (exact) mass is 640 g/mol. The summed E-state index contributed by atoms with van der Waals surface area (Å²) in [6.07, 6.45) is 4.78. The predicted octanol–water partition coefficient (Wildman–Crippen LogP) is 4.94. The second-order valence-electron chi connectivity index (χ2n) is 10.2. The number of carbonyl (C=O) groups is 6. The minimum atomic E-state index is -1.12. The maximum atomic E-state index is 11.1. The summed E-state index contributed by atoms with van der Waals surface area (Å²) in [6, 6.07) is 0. The number of aliphatic carboxylic acids is 6. The van der Waals surface area contributed by atoms with Gasteiger partial charge in [-0.25, -0.2) is 0 Å². The quantitative estimate of drug-likeness (QED) is 0.0865. The van der Waals surface area contributed by atoms with Crippen LogP contribution in [-0.4, -0.2) is 66.5 Å². The summed E-state index contributed by atoms with van der Waals surface area (Å²) in [6.45, 7) is 7.27. The molecule has 0 aliphatic rings. The van der Waals surface area contributed by atoms with E-state index in [0.717, 1.165) is 0 Å². The van der Waals surface area contributed by atoms with Gasteiger partial charge >= 0.3 is 35.8 Å². The maximum Gasteiger partial charge on any atom is 0.307 e. The topological polar surface area (TPSA) is 224 Å². The van der Waals surface area contributed by atoms with Gasteiger partial charge < -0.3 is 30.6 Å². The first-order valence-electron chi connectivity index (χ1n) is 14.0. The molecule has 0 aromatic rings. The Hall–Kier alpha value is -2.56.